The van der Waals surface area contributed by atoms with E-state index in [1.807, 2.05) is 0 Å². The van der Waals surface area contributed by atoms with Gasteiger partial charge in [0.2, 0.25) is 11.8 Å². The minimum atomic E-state index is -1.18. The maximum absolute atomic E-state index is 13.5. The van der Waals surface area contributed by atoms with Crippen LogP contribution < -0.4 is 4.90 Å². The lowest BCUT2D eigenvalue weighted by Gasteiger charge is -2.33. The van der Waals surface area contributed by atoms with Gasteiger partial charge in [-0.05, 0) is 31.2 Å². The van der Waals surface area contributed by atoms with E-state index in [2.05, 4.69) is 11.1 Å². The van der Waals surface area contributed by atoms with Gasteiger partial charge in [-0.3, -0.25) is 14.6 Å². The number of imide groups is 1. The van der Waals surface area contributed by atoms with Gasteiger partial charge < -0.3 is 14.9 Å². The van der Waals surface area contributed by atoms with Crippen LogP contribution in [-0.2, 0) is 14.3 Å². The summed E-state index contributed by atoms with van der Waals surface area (Å²) < 4.78 is 6.08. The van der Waals surface area contributed by atoms with Crippen LogP contribution in [0.5, 0.6) is 0 Å². The smallest absolute Gasteiger partial charge is 0.240 e. The lowest BCUT2D eigenvalue weighted by atomic mass is 9.66. The van der Waals surface area contributed by atoms with Crippen molar-refractivity contribution in [3.63, 3.8) is 0 Å². The number of amides is 2. The third-order valence-corrected chi connectivity index (χ3v) is 6.76. The highest BCUT2D eigenvalue weighted by Gasteiger charge is 2.76. The molecule has 3 saturated heterocycles. The van der Waals surface area contributed by atoms with E-state index in [4.69, 9.17) is 4.74 Å². The summed E-state index contributed by atoms with van der Waals surface area (Å²) in [6, 6.07) is 8.61. The molecule has 5 rings (SSSR count). The van der Waals surface area contributed by atoms with E-state index in [-0.39, 0.29) is 19.4 Å². The molecule has 3 fully saturated rings. The minimum Gasteiger partial charge on any atom is -0.396 e. The summed E-state index contributed by atoms with van der Waals surface area (Å²) in [4.78, 5) is 32.3. The van der Waals surface area contributed by atoms with Gasteiger partial charge in [-0.1, -0.05) is 0 Å². The Morgan fingerprint density at radius 3 is 2.79 bits per heavy atom. The third kappa shape index (κ3) is 2.10. The second kappa shape index (κ2) is 5.83. The molecule has 0 aliphatic carbocycles. The number of anilines is 1. The van der Waals surface area contributed by atoms with E-state index in [1.54, 1.807) is 37.4 Å². The lowest BCUT2D eigenvalue weighted by Crippen LogP contribution is -2.49. The maximum atomic E-state index is 13.5. The van der Waals surface area contributed by atoms with Crippen LogP contribution in [0.1, 0.15) is 25.3 Å². The number of nitrogens with zero attached hydrogens (tertiary/aromatic N) is 3. The van der Waals surface area contributed by atoms with Gasteiger partial charge in [-0.15, -0.1) is 0 Å². The highest BCUT2D eigenvalue weighted by Crippen LogP contribution is 2.62. The first-order valence-electron chi connectivity index (χ1n) is 9.53. The molecule has 3 aliphatic heterocycles. The highest BCUT2D eigenvalue weighted by molar-refractivity contribution is 6.26. The quantitative estimate of drug-likeness (QED) is 0.742. The Balaban J connectivity index is 1.68. The Morgan fingerprint density at radius 2 is 2.07 bits per heavy atom. The second-order valence-electron chi connectivity index (χ2n) is 8.16. The molecule has 5 atom stereocenters. The molecule has 0 radical (unpaired) electrons. The Labute approximate surface area is 166 Å². The van der Waals surface area contributed by atoms with Gasteiger partial charge in [0.1, 0.15) is 11.7 Å². The van der Waals surface area contributed by atoms with Crippen molar-refractivity contribution in [2.24, 2.45) is 11.8 Å². The second-order valence-corrected chi connectivity index (χ2v) is 8.16. The van der Waals surface area contributed by atoms with Crippen molar-refractivity contribution in [1.82, 2.24) is 4.98 Å². The van der Waals surface area contributed by atoms with Crippen LogP contribution in [0.25, 0.3) is 10.9 Å². The van der Waals surface area contributed by atoms with Gasteiger partial charge >= 0.3 is 0 Å². The van der Waals surface area contributed by atoms with Crippen molar-refractivity contribution in [2.45, 2.75) is 37.1 Å². The van der Waals surface area contributed by atoms with E-state index in [1.165, 1.54) is 0 Å². The van der Waals surface area contributed by atoms with E-state index in [9.17, 15) is 25.1 Å². The van der Waals surface area contributed by atoms with E-state index < -0.39 is 41.0 Å². The van der Waals surface area contributed by atoms with E-state index in [0.29, 0.717) is 22.2 Å². The van der Waals surface area contributed by atoms with Crippen LogP contribution in [0.3, 0.4) is 0 Å². The number of carbonyl (C=O) groups excluding carboxylic acids is 2. The fraction of sp³-hybridized carbons (Fsp3) is 0.429. The largest absolute Gasteiger partial charge is 0.396 e. The summed E-state index contributed by atoms with van der Waals surface area (Å²) in [7, 11) is 0. The molecule has 148 valence electrons. The van der Waals surface area contributed by atoms with Crippen molar-refractivity contribution >= 4 is 28.4 Å². The summed E-state index contributed by atoms with van der Waals surface area (Å²) in [5, 5.41) is 30.0. The standard InChI is InChI=1S/C21H19N3O5/c1-20-14(26)9-21(29-20,6-8-25)16-15(20)18(27)24(19(16)28)13-5-4-11(10-22)17-12(13)3-2-7-23-17/h2-5,7,14-16,25-26H,6,8-9H2,1H3/t14-,15-,16+,20?,21?/m0/s1. The van der Waals surface area contributed by atoms with E-state index >= 15 is 0 Å². The van der Waals surface area contributed by atoms with Crippen LogP contribution in [0.4, 0.5) is 5.69 Å². The van der Waals surface area contributed by atoms with Gasteiger partial charge in [0, 0.05) is 31.0 Å². The SMILES string of the molecule is CC12OC(CCO)(C[C@@H]1O)[C@H]1C(=O)N(c3ccc(C#N)c4ncccc34)C(=O)[C@H]12. The molecular formula is C21H19N3O5. The number of rotatable bonds is 3. The van der Waals surface area contributed by atoms with Crippen LogP contribution in [0, 0.1) is 23.2 Å². The van der Waals surface area contributed by atoms with Crippen molar-refractivity contribution < 1.29 is 24.5 Å². The molecule has 2 bridgehead atoms. The predicted molar refractivity (Wildman–Crippen MR) is 100 cm³/mol. The predicted octanol–water partition coefficient (Wildman–Crippen LogP) is 0.887. The summed E-state index contributed by atoms with van der Waals surface area (Å²) in [5.74, 6) is -2.43. The fourth-order valence-electron chi connectivity index (χ4n) is 5.49. The van der Waals surface area contributed by atoms with Gasteiger partial charge in [0.05, 0.1) is 40.3 Å². The van der Waals surface area contributed by atoms with Crippen LogP contribution >= 0.6 is 0 Å². The monoisotopic (exact) mass is 393 g/mol. The number of aliphatic hydroxyl groups is 2. The Morgan fingerprint density at radius 1 is 1.31 bits per heavy atom. The summed E-state index contributed by atoms with van der Waals surface area (Å²) in [5.41, 5.74) is -1.10. The third-order valence-electron chi connectivity index (χ3n) is 6.76. The first-order chi connectivity index (χ1) is 13.9. The normalized spacial score (nSPS) is 35.4. The number of hydrogen-bond acceptors (Lipinski definition) is 7. The Hall–Kier alpha value is -2.86. The van der Waals surface area contributed by atoms with Crippen LogP contribution in [0.15, 0.2) is 30.5 Å². The average molecular weight is 393 g/mol. The van der Waals surface area contributed by atoms with Crippen molar-refractivity contribution in [2.75, 3.05) is 11.5 Å². The highest BCUT2D eigenvalue weighted by atomic mass is 16.6. The molecule has 2 amide bonds. The maximum Gasteiger partial charge on any atom is 0.240 e. The molecule has 2 unspecified atom stereocenters. The van der Waals surface area contributed by atoms with Gasteiger partial charge in [-0.2, -0.15) is 5.26 Å². The van der Waals surface area contributed by atoms with Crippen molar-refractivity contribution in [3.05, 3.63) is 36.0 Å². The van der Waals surface area contributed by atoms with Crippen molar-refractivity contribution in [3.8, 4) is 6.07 Å². The zero-order chi connectivity index (χ0) is 20.6. The number of fused-ring (bicyclic) bond motifs is 6. The molecule has 4 heterocycles. The topological polar surface area (TPSA) is 124 Å². The summed E-state index contributed by atoms with van der Waals surface area (Å²) >= 11 is 0. The van der Waals surface area contributed by atoms with Gasteiger partial charge in [0.25, 0.3) is 0 Å². The first-order valence-corrected chi connectivity index (χ1v) is 9.53. The molecule has 0 saturated carbocycles. The minimum absolute atomic E-state index is 0.170. The number of carbonyl (C=O) groups is 2. The number of benzene rings is 1. The number of pyridine rings is 1. The zero-order valence-electron chi connectivity index (χ0n) is 15.7. The number of hydrogen-bond donors (Lipinski definition) is 2. The zero-order valence-corrected chi connectivity index (χ0v) is 15.7. The van der Waals surface area contributed by atoms with Crippen LogP contribution in [-0.4, -0.2) is 50.9 Å². The number of aromatic nitrogens is 1. The molecular weight excluding hydrogens is 374 g/mol. The lowest BCUT2D eigenvalue weighted by molar-refractivity contribution is -0.134. The molecule has 8 nitrogen and oxygen atoms in total. The van der Waals surface area contributed by atoms with Crippen molar-refractivity contribution in [1.29, 1.82) is 5.26 Å². The fourth-order valence-corrected chi connectivity index (χ4v) is 5.49. The van der Waals surface area contributed by atoms with E-state index in [0.717, 1.165) is 4.90 Å². The van der Waals surface area contributed by atoms with Gasteiger partial charge in [-0.25, -0.2) is 4.90 Å². The first kappa shape index (κ1) is 18.2. The Bertz CT molecular complexity index is 1110. The molecule has 8 heteroatoms. The number of aliphatic hydroxyl groups excluding tert-OH is 2. The molecule has 0 spiro atoms. The Kier molecular flexibility index (Phi) is 3.65. The molecule has 1 aromatic carbocycles. The van der Waals surface area contributed by atoms with Crippen LogP contribution in [0.2, 0.25) is 0 Å². The molecule has 3 aliphatic rings. The molecule has 29 heavy (non-hydrogen) atoms. The number of nitriles is 1. The summed E-state index contributed by atoms with van der Waals surface area (Å²) in [6.07, 6.45) is 1.03. The molecule has 1 aromatic heterocycles. The molecule has 2 aromatic rings. The summed E-state index contributed by atoms with van der Waals surface area (Å²) in [6.45, 7) is 1.45. The number of ether oxygens (including phenoxy) is 1. The molecule has 2 N–H and O–H groups in total. The average Bonchev–Trinajstić information content (AvgIpc) is 3.23. The van der Waals surface area contributed by atoms with Gasteiger partial charge in [0.15, 0.2) is 0 Å².